The summed E-state index contributed by atoms with van der Waals surface area (Å²) >= 11 is 0. The quantitative estimate of drug-likeness (QED) is 0.736. The van der Waals surface area contributed by atoms with E-state index >= 15 is 0 Å². The van der Waals surface area contributed by atoms with Crippen molar-refractivity contribution in [1.82, 2.24) is 25.0 Å². The first-order chi connectivity index (χ1) is 13.8. The Kier molecular flexibility index (Phi) is 6.23. The van der Waals surface area contributed by atoms with Gasteiger partial charge in [0, 0.05) is 51.0 Å². The Morgan fingerprint density at radius 3 is 2.64 bits per heavy atom. The summed E-state index contributed by atoms with van der Waals surface area (Å²) in [6, 6.07) is 0. The largest absolute Gasteiger partial charge is 0.381 e. The molecule has 0 atom stereocenters. The summed E-state index contributed by atoms with van der Waals surface area (Å²) in [6.45, 7) is 3.41. The highest BCUT2D eigenvalue weighted by Gasteiger charge is 2.25. The van der Waals surface area contributed by atoms with Gasteiger partial charge in [0.15, 0.2) is 5.82 Å². The molecule has 0 bridgehead atoms. The number of likely N-dealkylation sites (tertiary alicyclic amines) is 1. The molecule has 4 heterocycles. The first-order valence-corrected chi connectivity index (χ1v) is 9.85. The Hall–Kier alpha value is -2.39. The Bertz CT molecular complexity index is 755. The number of hydrogen-bond donors (Lipinski definition) is 0. The van der Waals surface area contributed by atoms with Gasteiger partial charge in [-0.3, -0.25) is 4.79 Å². The number of nitrogens with zero attached hydrogens (tertiary/aromatic N) is 5. The van der Waals surface area contributed by atoms with Gasteiger partial charge in [0.05, 0.1) is 18.3 Å². The number of piperidine rings is 1. The summed E-state index contributed by atoms with van der Waals surface area (Å²) in [5, 5.41) is 4.07. The van der Waals surface area contributed by atoms with E-state index in [1.165, 1.54) is 6.33 Å². The molecule has 2 aliphatic rings. The van der Waals surface area contributed by atoms with Crippen LogP contribution in [-0.4, -0.2) is 69.9 Å². The zero-order valence-electron chi connectivity index (χ0n) is 15.8. The molecule has 9 heteroatoms. The first kappa shape index (κ1) is 18.9. The van der Waals surface area contributed by atoms with Gasteiger partial charge in [-0.15, -0.1) is 0 Å². The molecule has 9 nitrogen and oxygen atoms in total. The summed E-state index contributed by atoms with van der Waals surface area (Å²) in [6.07, 6.45) is 8.82. The zero-order chi connectivity index (χ0) is 19.2. The second-order valence-corrected chi connectivity index (χ2v) is 7.17. The molecule has 28 heavy (non-hydrogen) atoms. The van der Waals surface area contributed by atoms with Crippen LogP contribution in [-0.2, 0) is 15.9 Å². The van der Waals surface area contributed by atoms with Crippen molar-refractivity contribution in [2.75, 3.05) is 32.9 Å². The molecular weight excluding hydrogens is 362 g/mol. The van der Waals surface area contributed by atoms with E-state index in [1.807, 2.05) is 4.90 Å². The van der Waals surface area contributed by atoms with Crippen molar-refractivity contribution in [2.45, 2.75) is 44.1 Å². The molecule has 0 aliphatic carbocycles. The highest BCUT2D eigenvalue weighted by atomic mass is 16.5. The number of carbonyl (C=O) groups excluding carboxylic acids is 1. The fourth-order valence-electron chi connectivity index (χ4n) is 3.61. The number of ether oxygens (including phenoxy) is 2. The number of hydrogen-bond acceptors (Lipinski definition) is 8. The molecule has 2 aliphatic heterocycles. The van der Waals surface area contributed by atoms with E-state index in [0.717, 1.165) is 44.8 Å². The van der Waals surface area contributed by atoms with E-state index in [-0.39, 0.29) is 12.0 Å². The summed E-state index contributed by atoms with van der Waals surface area (Å²) < 4.78 is 16.7. The van der Waals surface area contributed by atoms with Crippen LogP contribution in [0.3, 0.4) is 0 Å². The van der Waals surface area contributed by atoms with Crippen LogP contribution >= 0.6 is 0 Å². The normalized spacial score (nSPS) is 19.1. The minimum atomic E-state index is -0.0218. The maximum atomic E-state index is 12.4. The van der Waals surface area contributed by atoms with Gasteiger partial charge in [-0.05, 0) is 25.7 Å². The predicted molar refractivity (Wildman–Crippen MR) is 97.7 cm³/mol. The lowest BCUT2D eigenvalue weighted by Gasteiger charge is -2.31. The molecule has 0 spiro atoms. The third-order valence-electron chi connectivity index (χ3n) is 5.27. The molecule has 0 aromatic carbocycles. The van der Waals surface area contributed by atoms with E-state index in [1.54, 1.807) is 12.4 Å². The van der Waals surface area contributed by atoms with Crippen LogP contribution in [0, 0.1) is 0 Å². The fraction of sp³-hybridized carbons (Fsp3) is 0.632. The van der Waals surface area contributed by atoms with Crippen molar-refractivity contribution < 1.29 is 18.8 Å². The Morgan fingerprint density at radius 1 is 1.14 bits per heavy atom. The van der Waals surface area contributed by atoms with Crippen molar-refractivity contribution >= 4 is 5.91 Å². The molecule has 1 amide bonds. The van der Waals surface area contributed by atoms with Gasteiger partial charge in [0.1, 0.15) is 6.33 Å². The van der Waals surface area contributed by atoms with Crippen molar-refractivity contribution in [1.29, 1.82) is 0 Å². The molecule has 2 aromatic heterocycles. The fourth-order valence-corrected chi connectivity index (χ4v) is 3.61. The van der Waals surface area contributed by atoms with E-state index in [9.17, 15) is 4.79 Å². The lowest BCUT2D eigenvalue weighted by Crippen LogP contribution is -2.41. The Balaban J connectivity index is 1.18. The van der Waals surface area contributed by atoms with Crippen molar-refractivity contribution in [3.05, 3.63) is 36.0 Å². The third kappa shape index (κ3) is 4.71. The Labute approximate surface area is 163 Å². The molecular formula is C19H25N5O4. The summed E-state index contributed by atoms with van der Waals surface area (Å²) in [5.74, 6) is 1.70. The van der Waals surface area contributed by atoms with Crippen LogP contribution in [0.25, 0.3) is 0 Å². The molecule has 2 aromatic rings. The molecule has 150 valence electrons. The standard InChI is InChI=1S/C19H25N5O4/c25-19(15-11-20-13-21-12-15)24-6-1-16(2-7-24)27-10-5-17-22-18(28-23-17)14-3-8-26-9-4-14/h11-14,16H,1-10H2. The maximum Gasteiger partial charge on any atom is 0.256 e. The topological polar surface area (TPSA) is 103 Å². The average Bonchev–Trinajstić information content (AvgIpc) is 3.24. The van der Waals surface area contributed by atoms with Crippen LogP contribution in [0.4, 0.5) is 0 Å². The average molecular weight is 387 g/mol. The van der Waals surface area contributed by atoms with E-state index in [4.69, 9.17) is 14.0 Å². The highest BCUT2D eigenvalue weighted by molar-refractivity contribution is 5.93. The second kappa shape index (κ2) is 9.20. The van der Waals surface area contributed by atoms with Gasteiger partial charge in [-0.2, -0.15) is 4.98 Å². The van der Waals surface area contributed by atoms with E-state index < -0.39 is 0 Å². The van der Waals surface area contributed by atoms with Crippen LogP contribution in [0.2, 0.25) is 0 Å². The predicted octanol–water partition coefficient (Wildman–Crippen LogP) is 1.62. The maximum absolute atomic E-state index is 12.4. The third-order valence-corrected chi connectivity index (χ3v) is 5.27. The lowest BCUT2D eigenvalue weighted by molar-refractivity contribution is 0.00945. The van der Waals surface area contributed by atoms with Crippen LogP contribution < -0.4 is 0 Å². The van der Waals surface area contributed by atoms with Gasteiger partial charge < -0.3 is 18.9 Å². The van der Waals surface area contributed by atoms with Crippen LogP contribution in [0.1, 0.15) is 53.7 Å². The Morgan fingerprint density at radius 2 is 1.89 bits per heavy atom. The highest BCUT2D eigenvalue weighted by Crippen LogP contribution is 2.25. The summed E-state index contributed by atoms with van der Waals surface area (Å²) in [4.78, 5) is 26.6. The van der Waals surface area contributed by atoms with Crippen LogP contribution in [0.15, 0.2) is 23.2 Å². The van der Waals surface area contributed by atoms with Gasteiger partial charge >= 0.3 is 0 Å². The molecule has 0 saturated carbocycles. The minimum absolute atomic E-state index is 0.0218. The smallest absolute Gasteiger partial charge is 0.256 e. The number of aromatic nitrogens is 4. The van der Waals surface area contributed by atoms with Gasteiger partial charge in [-0.25, -0.2) is 9.97 Å². The molecule has 0 N–H and O–H groups in total. The van der Waals surface area contributed by atoms with Crippen molar-refractivity contribution in [3.63, 3.8) is 0 Å². The SMILES string of the molecule is O=C(c1cncnc1)N1CCC(OCCc2noc(C3CCOCC3)n2)CC1. The van der Waals surface area contributed by atoms with Gasteiger partial charge in [0.2, 0.25) is 5.89 Å². The minimum Gasteiger partial charge on any atom is -0.381 e. The van der Waals surface area contributed by atoms with Gasteiger partial charge in [-0.1, -0.05) is 5.16 Å². The van der Waals surface area contributed by atoms with E-state index in [2.05, 4.69) is 20.1 Å². The molecule has 2 fully saturated rings. The van der Waals surface area contributed by atoms with Crippen molar-refractivity contribution in [3.8, 4) is 0 Å². The number of rotatable bonds is 6. The summed E-state index contributed by atoms with van der Waals surface area (Å²) in [7, 11) is 0. The molecule has 0 radical (unpaired) electrons. The molecule has 2 saturated heterocycles. The van der Waals surface area contributed by atoms with Gasteiger partial charge in [0.25, 0.3) is 5.91 Å². The lowest BCUT2D eigenvalue weighted by atomic mass is 10.0. The summed E-state index contributed by atoms with van der Waals surface area (Å²) in [5.41, 5.74) is 0.527. The zero-order valence-corrected chi connectivity index (χ0v) is 15.8. The second-order valence-electron chi connectivity index (χ2n) is 7.17. The first-order valence-electron chi connectivity index (χ1n) is 9.85. The van der Waals surface area contributed by atoms with Crippen molar-refractivity contribution in [2.24, 2.45) is 0 Å². The number of amides is 1. The van der Waals surface area contributed by atoms with Crippen LogP contribution in [0.5, 0.6) is 0 Å². The monoisotopic (exact) mass is 387 g/mol. The van der Waals surface area contributed by atoms with E-state index in [0.29, 0.717) is 43.4 Å². The number of carbonyl (C=O) groups is 1. The molecule has 0 unspecified atom stereocenters. The molecule has 4 rings (SSSR count).